The summed E-state index contributed by atoms with van der Waals surface area (Å²) in [6.07, 6.45) is 4.50. The molecule has 0 N–H and O–H groups in total. The summed E-state index contributed by atoms with van der Waals surface area (Å²) in [4.78, 5) is 0. The van der Waals surface area contributed by atoms with Gasteiger partial charge in [-0.15, -0.1) is 0 Å². The molecule has 4 atom stereocenters. The van der Waals surface area contributed by atoms with Crippen LogP contribution in [0, 0.1) is 5.92 Å². The van der Waals surface area contributed by atoms with Crippen LogP contribution in [-0.2, 0) is 9.47 Å². The van der Waals surface area contributed by atoms with Gasteiger partial charge in [0.2, 0.25) is 0 Å². The largest absolute Gasteiger partial charge is 0.375 e. The quantitative estimate of drug-likeness (QED) is 0.739. The summed E-state index contributed by atoms with van der Waals surface area (Å²) in [5, 5.41) is 0. The van der Waals surface area contributed by atoms with Crippen molar-refractivity contribution in [2.24, 2.45) is 5.92 Å². The van der Waals surface area contributed by atoms with Gasteiger partial charge in [-0.1, -0.05) is 30.3 Å². The van der Waals surface area contributed by atoms with Crippen LogP contribution in [0.25, 0.3) is 0 Å². The van der Waals surface area contributed by atoms with E-state index in [0.29, 0.717) is 18.1 Å². The van der Waals surface area contributed by atoms with Gasteiger partial charge in [0, 0.05) is 12.5 Å². The molecule has 0 unspecified atom stereocenters. The minimum atomic E-state index is 0.238. The Balaban J connectivity index is 1.81. The minimum Gasteiger partial charge on any atom is -0.375 e. The summed E-state index contributed by atoms with van der Waals surface area (Å²) in [6.45, 7) is 3.01. The fraction of sp³-hybridized carbons (Fsp3) is 0.600. The SMILES string of the molecule is C[C@@H]1CC[C@H]2[C@H](CCO[C@@H]2c2ccccc2)O1. The molecule has 17 heavy (non-hydrogen) atoms. The molecule has 1 aromatic carbocycles. The zero-order valence-corrected chi connectivity index (χ0v) is 10.3. The van der Waals surface area contributed by atoms with Crippen molar-refractivity contribution in [3.8, 4) is 0 Å². The average Bonchev–Trinajstić information content (AvgIpc) is 2.39. The van der Waals surface area contributed by atoms with E-state index in [1.54, 1.807) is 0 Å². The molecule has 2 heterocycles. The van der Waals surface area contributed by atoms with E-state index in [1.807, 2.05) is 0 Å². The highest BCUT2D eigenvalue weighted by Crippen LogP contribution is 2.41. The lowest BCUT2D eigenvalue weighted by atomic mass is 9.81. The first-order valence-electron chi connectivity index (χ1n) is 6.66. The topological polar surface area (TPSA) is 18.5 Å². The van der Waals surface area contributed by atoms with Crippen LogP contribution >= 0.6 is 0 Å². The van der Waals surface area contributed by atoms with Crippen molar-refractivity contribution in [1.82, 2.24) is 0 Å². The second-order valence-electron chi connectivity index (χ2n) is 5.22. The van der Waals surface area contributed by atoms with E-state index in [1.165, 1.54) is 12.0 Å². The van der Waals surface area contributed by atoms with Gasteiger partial charge in [-0.05, 0) is 31.7 Å². The van der Waals surface area contributed by atoms with Crippen LogP contribution in [0.4, 0.5) is 0 Å². The Morgan fingerprint density at radius 3 is 2.71 bits per heavy atom. The maximum atomic E-state index is 6.06. The van der Waals surface area contributed by atoms with E-state index in [-0.39, 0.29) is 6.10 Å². The molecule has 2 fully saturated rings. The lowest BCUT2D eigenvalue weighted by molar-refractivity contribution is -0.165. The Morgan fingerprint density at radius 2 is 1.88 bits per heavy atom. The standard InChI is InChI=1S/C15H20O2/c1-11-7-8-13-14(17-11)9-10-16-15(13)12-5-3-2-4-6-12/h2-6,11,13-15H,7-10H2,1H3/t11-,13+,14+,15-/m1/s1. The molecule has 0 aromatic heterocycles. The number of hydrogen-bond acceptors (Lipinski definition) is 2. The fourth-order valence-electron chi connectivity index (χ4n) is 3.13. The van der Waals surface area contributed by atoms with Gasteiger partial charge >= 0.3 is 0 Å². The molecule has 0 aliphatic carbocycles. The fourth-order valence-corrected chi connectivity index (χ4v) is 3.13. The summed E-state index contributed by atoms with van der Waals surface area (Å²) >= 11 is 0. The number of rotatable bonds is 1. The van der Waals surface area contributed by atoms with Crippen LogP contribution < -0.4 is 0 Å². The predicted octanol–water partition coefficient (Wildman–Crippen LogP) is 3.33. The first-order valence-corrected chi connectivity index (χ1v) is 6.66. The van der Waals surface area contributed by atoms with Crippen LogP contribution in [0.3, 0.4) is 0 Å². The van der Waals surface area contributed by atoms with Gasteiger partial charge in [0.25, 0.3) is 0 Å². The zero-order chi connectivity index (χ0) is 11.7. The highest BCUT2D eigenvalue weighted by molar-refractivity contribution is 5.19. The van der Waals surface area contributed by atoms with Crippen molar-refractivity contribution in [3.63, 3.8) is 0 Å². The van der Waals surface area contributed by atoms with E-state index in [9.17, 15) is 0 Å². The number of benzene rings is 1. The van der Waals surface area contributed by atoms with Crippen LogP contribution in [0.15, 0.2) is 30.3 Å². The van der Waals surface area contributed by atoms with Crippen LogP contribution in [-0.4, -0.2) is 18.8 Å². The van der Waals surface area contributed by atoms with Crippen molar-refractivity contribution in [2.75, 3.05) is 6.61 Å². The summed E-state index contributed by atoms with van der Waals surface area (Å²) in [5.74, 6) is 0.544. The molecule has 2 aliphatic rings. The van der Waals surface area contributed by atoms with E-state index < -0.39 is 0 Å². The molecular weight excluding hydrogens is 212 g/mol. The predicted molar refractivity (Wildman–Crippen MR) is 66.8 cm³/mol. The number of fused-ring (bicyclic) bond motifs is 1. The van der Waals surface area contributed by atoms with Gasteiger partial charge in [0.15, 0.2) is 0 Å². The van der Waals surface area contributed by atoms with Gasteiger partial charge < -0.3 is 9.47 Å². The van der Waals surface area contributed by atoms with E-state index in [0.717, 1.165) is 19.4 Å². The van der Waals surface area contributed by atoms with E-state index in [2.05, 4.69) is 37.3 Å². The Bertz CT molecular complexity index is 362. The first kappa shape index (κ1) is 11.2. The lowest BCUT2D eigenvalue weighted by Gasteiger charge is -2.43. The van der Waals surface area contributed by atoms with Gasteiger partial charge in [-0.2, -0.15) is 0 Å². The monoisotopic (exact) mass is 232 g/mol. The molecule has 2 aliphatic heterocycles. The van der Waals surface area contributed by atoms with Gasteiger partial charge in [-0.25, -0.2) is 0 Å². The van der Waals surface area contributed by atoms with Crippen LogP contribution in [0.1, 0.15) is 37.9 Å². The normalized spacial score (nSPS) is 37.5. The third-order valence-corrected chi connectivity index (χ3v) is 4.01. The maximum Gasteiger partial charge on any atom is 0.0877 e. The van der Waals surface area contributed by atoms with Crippen molar-refractivity contribution >= 4 is 0 Å². The molecule has 2 nitrogen and oxygen atoms in total. The Kier molecular flexibility index (Phi) is 3.17. The molecule has 92 valence electrons. The highest BCUT2D eigenvalue weighted by atomic mass is 16.5. The first-order chi connectivity index (χ1) is 8.34. The molecule has 3 rings (SSSR count). The molecule has 0 bridgehead atoms. The van der Waals surface area contributed by atoms with Crippen LogP contribution in [0.5, 0.6) is 0 Å². The Hall–Kier alpha value is -0.860. The lowest BCUT2D eigenvalue weighted by Crippen LogP contribution is -2.42. The second kappa shape index (κ2) is 4.79. The van der Waals surface area contributed by atoms with Gasteiger partial charge in [0.1, 0.15) is 0 Å². The smallest absolute Gasteiger partial charge is 0.0877 e. The zero-order valence-electron chi connectivity index (χ0n) is 10.3. The number of hydrogen-bond donors (Lipinski definition) is 0. The van der Waals surface area contributed by atoms with Crippen molar-refractivity contribution in [2.45, 2.75) is 44.5 Å². The molecule has 2 heteroatoms. The second-order valence-corrected chi connectivity index (χ2v) is 5.22. The molecule has 0 spiro atoms. The third kappa shape index (κ3) is 2.24. The van der Waals surface area contributed by atoms with E-state index in [4.69, 9.17) is 9.47 Å². The van der Waals surface area contributed by atoms with Crippen LogP contribution in [0.2, 0.25) is 0 Å². The van der Waals surface area contributed by atoms with Crippen molar-refractivity contribution in [1.29, 1.82) is 0 Å². The number of ether oxygens (including phenoxy) is 2. The minimum absolute atomic E-state index is 0.238. The van der Waals surface area contributed by atoms with Gasteiger partial charge in [0.05, 0.1) is 18.3 Å². The van der Waals surface area contributed by atoms with Gasteiger partial charge in [-0.3, -0.25) is 0 Å². The Labute approximate surface area is 103 Å². The summed E-state index contributed by atoms with van der Waals surface area (Å²) < 4.78 is 12.1. The molecule has 0 radical (unpaired) electrons. The summed E-state index contributed by atoms with van der Waals surface area (Å²) in [7, 11) is 0. The molecule has 2 saturated heterocycles. The third-order valence-electron chi connectivity index (χ3n) is 4.01. The molecule has 0 saturated carbocycles. The Morgan fingerprint density at radius 1 is 1.06 bits per heavy atom. The van der Waals surface area contributed by atoms with E-state index >= 15 is 0 Å². The molecule has 0 amide bonds. The maximum absolute atomic E-state index is 6.06. The molecular formula is C15H20O2. The molecule has 1 aromatic rings. The summed E-state index contributed by atoms with van der Waals surface area (Å²) in [6, 6.07) is 10.6. The average molecular weight is 232 g/mol. The summed E-state index contributed by atoms with van der Waals surface area (Å²) in [5.41, 5.74) is 1.31. The van der Waals surface area contributed by atoms with Crippen molar-refractivity contribution < 1.29 is 9.47 Å². The highest BCUT2D eigenvalue weighted by Gasteiger charge is 2.39. The van der Waals surface area contributed by atoms with Crippen molar-refractivity contribution in [3.05, 3.63) is 35.9 Å².